The molecule has 1 aliphatic carbocycles. The summed E-state index contributed by atoms with van der Waals surface area (Å²) >= 11 is 0. The molecule has 2 fully saturated rings. The van der Waals surface area contributed by atoms with E-state index in [1.54, 1.807) is 19.5 Å². The molecule has 2 atom stereocenters. The van der Waals surface area contributed by atoms with Crippen LogP contribution in [-0.2, 0) is 11.2 Å². The number of aromatic nitrogens is 2. The van der Waals surface area contributed by atoms with Crippen molar-refractivity contribution in [2.75, 3.05) is 31.7 Å². The fraction of sp³-hybridized carbons (Fsp3) is 0.522. The Balaban J connectivity index is 1.20. The van der Waals surface area contributed by atoms with E-state index < -0.39 is 29.6 Å². The quantitative estimate of drug-likeness (QED) is 0.627. The van der Waals surface area contributed by atoms with E-state index in [9.17, 15) is 13.6 Å². The maximum Gasteiger partial charge on any atom is 0.308 e. The first kappa shape index (κ1) is 22.2. The lowest BCUT2D eigenvalue weighted by Gasteiger charge is -2.32. The zero-order chi connectivity index (χ0) is 22.7. The zero-order valence-corrected chi connectivity index (χ0v) is 18.0. The fourth-order valence-corrected chi connectivity index (χ4v) is 4.60. The summed E-state index contributed by atoms with van der Waals surface area (Å²) in [7, 11) is 1.59. The highest BCUT2D eigenvalue weighted by atomic mass is 19.1. The summed E-state index contributed by atoms with van der Waals surface area (Å²) in [5, 5.41) is 8.74. The molecule has 2 unspecified atom stereocenters. The molecule has 0 amide bonds. The highest BCUT2D eigenvalue weighted by Crippen LogP contribution is 2.49. The van der Waals surface area contributed by atoms with Crippen LogP contribution in [0.4, 0.5) is 14.7 Å². The van der Waals surface area contributed by atoms with E-state index in [1.807, 2.05) is 0 Å². The molecule has 7 nitrogen and oxygen atoms in total. The van der Waals surface area contributed by atoms with Crippen LogP contribution in [0.5, 0.6) is 11.5 Å². The van der Waals surface area contributed by atoms with Crippen molar-refractivity contribution in [3.63, 3.8) is 0 Å². The van der Waals surface area contributed by atoms with Crippen LogP contribution in [0.2, 0.25) is 0 Å². The monoisotopic (exact) mass is 447 g/mol. The number of carboxylic acids is 1. The molecule has 1 N–H and O–H groups in total. The number of rotatable bonds is 9. The first-order valence-electron chi connectivity index (χ1n) is 10.9. The highest BCUT2D eigenvalue weighted by Gasteiger charge is 2.43. The smallest absolute Gasteiger partial charge is 0.308 e. The molecule has 0 spiro atoms. The lowest BCUT2D eigenvalue weighted by atomic mass is 9.90. The van der Waals surface area contributed by atoms with Crippen LogP contribution in [0.15, 0.2) is 24.5 Å². The molecule has 0 bridgehead atoms. The summed E-state index contributed by atoms with van der Waals surface area (Å²) in [6.45, 7) is 2.24. The number of halogens is 2. The van der Waals surface area contributed by atoms with E-state index in [0.717, 1.165) is 56.9 Å². The maximum atomic E-state index is 14.0. The molecular weight excluding hydrogens is 420 g/mol. The Hall–Kier alpha value is -2.97. The predicted octanol–water partition coefficient (Wildman–Crippen LogP) is 3.71. The van der Waals surface area contributed by atoms with Crippen LogP contribution in [0.3, 0.4) is 0 Å². The van der Waals surface area contributed by atoms with Crippen LogP contribution in [0.1, 0.15) is 31.2 Å². The average Bonchev–Trinajstić information content (AvgIpc) is 3.56. The molecule has 32 heavy (non-hydrogen) atoms. The van der Waals surface area contributed by atoms with Gasteiger partial charge in [-0.05, 0) is 43.4 Å². The SMILES string of the molecule is COc1cnc(N2CCC(C3CC3CCOc3cc(F)c(CC(=O)O)c(F)c3)CC2)nc1. The standard InChI is InChI=1S/C23H27F2N3O4/c1-31-17-12-26-23(27-13-17)28-5-2-14(3-6-28)18-8-15(18)4-7-32-16-9-20(24)19(11-22(29)30)21(25)10-16/h9-10,12-15,18H,2-8,11H2,1H3,(H,29,30). The summed E-state index contributed by atoms with van der Waals surface area (Å²) in [6, 6.07) is 2.12. The average molecular weight is 447 g/mol. The van der Waals surface area contributed by atoms with Gasteiger partial charge in [0.05, 0.1) is 32.5 Å². The van der Waals surface area contributed by atoms with E-state index in [0.29, 0.717) is 30.1 Å². The van der Waals surface area contributed by atoms with Crippen molar-refractivity contribution in [2.24, 2.45) is 17.8 Å². The topological polar surface area (TPSA) is 84.8 Å². The second kappa shape index (κ2) is 9.67. The summed E-state index contributed by atoms with van der Waals surface area (Å²) in [4.78, 5) is 21.6. The Morgan fingerprint density at radius 1 is 1.16 bits per heavy atom. The number of hydrogen-bond acceptors (Lipinski definition) is 6. The normalized spacial score (nSPS) is 20.8. The molecule has 0 radical (unpaired) electrons. The number of methoxy groups -OCH3 is 1. The highest BCUT2D eigenvalue weighted by molar-refractivity contribution is 5.70. The number of carboxylic acid groups (broad SMARTS) is 1. The molecule has 1 saturated heterocycles. The number of hydrogen-bond donors (Lipinski definition) is 1. The Morgan fingerprint density at radius 3 is 2.41 bits per heavy atom. The van der Waals surface area contributed by atoms with Gasteiger partial charge in [-0.3, -0.25) is 4.79 Å². The van der Waals surface area contributed by atoms with Gasteiger partial charge in [0.2, 0.25) is 5.95 Å². The minimum Gasteiger partial charge on any atom is -0.494 e. The van der Waals surface area contributed by atoms with Gasteiger partial charge >= 0.3 is 5.97 Å². The van der Waals surface area contributed by atoms with Gasteiger partial charge < -0.3 is 19.5 Å². The Labute approximate surface area is 185 Å². The maximum absolute atomic E-state index is 14.0. The number of piperidine rings is 1. The second-order valence-electron chi connectivity index (χ2n) is 8.48. The van der Waals surface area contributed by atoms with Crippen molar-refractivity contribution in [1.82, 2.24) is 9.97 Å². The van der Waals surface area contributed by atoms with Gasteiger partial charge in [-0.15, -0.1) is 0 Å². The number of ether oxygens (including phenoxy) is 2. The molecule has 9 heteroatoms. The summed E-state index contributed by atoms with van der Waals surface area (Å²) in [6.07, 6.45) is 6.87. The molecule has 1 aromatic carbocycles. The molecule has 4 rings (SSSR count). The number of nitrogens with zero attached hydrogens (tertiary/aromatic N) is 3. The molecule has 2 aliphatic rings. The van der Waals surface area contributed by atoms with E-state index in [4.69, 9.17) is 14.6 Å². The molecule has 1 aliphatic heterocycles. The zero-order valence-electron chi connectivity index (χ0n) is 18.0. The number of anilines is 1. The van der Waals surface area contributed by atoms with Gasteiger partial charge in [0, 0.05) is 30.8 Å². The summed E-state index contributed by atoms with van der Waals surface area (Å²) in [5.74, 6) is 0.330. The molecule has 1 saturated carbocycles. The van der Waals surface area contributed by atoms with Gasteiger partial charge in [-0.1, -0.05) is 0 Å². The molecule has 1 aromatic heterocycles. The lowest BCUT2D eigenvalue weighted by Crippen LogP contribution is -2.35. The van der Waals surface area contributed by atoms with Crippen LogP contribution in [0, 0.1) is 29.4 Å². The minimum atomic E-state index is -1.28. The van der Waals surface area contributed by atoms with Crippen molar-refractivity contribution >= 4 is 11.9 Å². The Kier molecular flexibility index (Phi) is 6.72. The van der Waals surface area contributed by atoms with E-state index >= 15 is 0 Å². The Bertz CT molecular complexity index is 926. The molecule has 2 heterocycles. The van der Waals surface area contributed by atoms with Crippen LogP contribution in [-0.4, -0.2) is 47.8 Å². The van der Waals surface area contributed by atoms with Gasteiger partial charge in [-0.25, -0.2) is 18.7 Å². The number of aliphatic carboxylic acids is 1. The van der Waals surface area contributed by atoms with E-state index in [-0.39, 0.29) is 5.75 Å². The van der Waals surface area contributed by atoms with Crippen molar-refractivity contribution in [1.29, 1.82) is 0 Å². The number of carbonyl (C=O) groups is 1. The third kappa shape index (κ3) is 5.26. The molecular formula is C23H27F2N3O4. The first-order chi connectivity index (χ1) is 15.4. The third-order valence-electron chi connectivity index (χ3n) is 6.46. The number of benzene rings is 1. The Morgan fingerprint density at radius 2 is 1.81 bits per heavy atom. The van der Waals surface area contributed by atoms with E-state index in [2.05, 4.69) is 14.9 Å². The molecule has 2 aromatic rings. The van der Waals surface area contributed by atoms with Crippen molar-refractivity contribution < 1.29 is 28.2 Å². The second-order valence-corrected chi connectivity index (χ2v) is 8.48. The van der Waals surface area contributed by atoms with Crippen LogP contribution >= 0.6 is 0 Å². The van der Waals surface area contributed by atoms with E-state index in [1.165, 1.54) is 0 Å². The van der Waals surface area contributed by atoms with Gasteiger partial charge in [0.25, 0.3) is 0 Å². The molecule has 172 valence electrons. The minimum absolute atomic E-state index is 0.0964. The van der Waals surface area contributed by atoms with Crippen molar-refractivity contribution in [2.45, 2.75) is 32.1 Å². The first-order valence-corrected chi connectivity index (χ1v) is 10.9. The van der Waals surface area contributed by atoms with Crippen LogP contribution < -0.4 is 14.4 Å². The van der Waals surface area contributed by atoms with Gasteiger partial charge in [0.1, 0.15) is 17.4 Å². The summed E-state index contributed by atoms with van der Waals surface area (Å²) < 4.78 is 38.6. The summed E-state index contributed by atoms with van der Waals surface area (Å²) in [5.41, 5.74) is -0.446. The van der Waals surface area contributed by atoms with Crippen molar-refractivity contribution in [3.8, 4) is 11.5 Å². The van der Waals surface area contributed by atoms with Crippen molar-refractivity contribution in [3.05, 3.63) is 41.7 Å². The lowest BCUT2D eigenvalue weighted by molar-refractivity contribution is -0.136. The van der Waals surface area contributed by atoms with Gasteiger partial charge in [0.15, 0.2) is 5.75 Å². The predicted molar refractivity (Wildman–Crippen MR) is 113 cm³/mol. The van der Waals surface area contributed by atoms with Gasteiger partial charge in [-0.2, -0.15) is 0 Å². The third-order valence-corrected chi connectivity index (χ3v) is 6.46. The van der Waals surface area contributed by atoms with Crippen LogP contribution in [0.25, 0.3) is 0 Å². The largest absolute Gasteiger partial charge is 0.494 e. The fourth-order valence-electron chi connectivity index (χ4n) is 4.60.